The molecule has 1 aromatic heterocycles. The Balaban J connectivity index is 2.28. The Morgan fingerprint density at radius 3 is 2.53 bits per heavy atom. The van der Waals surface area contributed by atoms with Crippen molar-refractivity contribution in [3.8, 4) is 11.1 Å². The van der Waals surface area contributed by atoms with Gasteiger partial charge < -0.3 is 10.3 Å². The van der Waals surface area contributed by atoms with Gasteiger partial charge >= 0.3 is 0 Å². The normalized spacial score (nSPS) is 11.1. The summed E-state index contributed by atoms with van der Waals surface area (Å²) in [6.45, 7) is 2.99. The van der Waals surface area contributed by atoms with E-state index in [-0.39, 0.29) is 5.82 Å². The molecule has 0 fully saturated rings. The van der Waals surface area contributed by atoms with Crippen molar-refractivity contribution in [2.24, 2.45) is 0 Å². The van der Waals surface area contributed by atoms with Crippen LogP contribution in [0.2, 0.25) is 0 Å². The quantitative estimate of drug-likeness (QED) is 0.687. The minimum absolute atomic E-state index is 0.220. The fraction of sp³-hybridized carbons (Fsp3) is 0.125. The average molecular weight is 254 g/mol. The summed E-state index contributed by atoms with van der Waals surface area (Å²) >= 11 is 0. The molecule has 2 aromatic carbocycles. The minimum atomic E-state index is -0.220. The number of hydrogen-bond donors (Lipinski definition) is 1. The van der Waals surface area contributed by atoms with E-state index in [1.165, 1.54) is 12.1 Å². The maximum absolute atomic E-state index is 13.0. The third kappa shape index (κ3) is 1.97. The minimum Gasteiger partial charge on any atom is -0.399 e. The fourth-order valence-corrected chi connectivity index (χ4v) is 2.44. The molecule has 0 unspecified atom stereocenters. The molecule has 0 aliphatic carbocycles. The van der Waals surface area contributed by atoms with Crippen molar-refractivity contribution < 1.29 is 4.39 Å². The van der Waals surface area contributed by atoms with E-state index in [9.17, 15) is 4.39 Å². The van der Waals surface area contributed by atoms with Gasteiger partial charge in [0.05, 0.1) is 0 Å². The van der Waals surface area contributed by atoms with Gasteiger partial charge in [-0.2, -0.15) is 0 Å². The molecule has 2 nitrogen and oxygen atoms in total. The van der Waals surface area contributed by atoms with E-state index in [1.54, 1.807) is 12.1 Å². The molecule has 3 rings (SSSR count). The SMILES string of the molecule is CCn1cc(-c2ccc(F)cc2)c2cc(N)ccc21. The zero-order valence-corrected chi connectivity index (χ0v) is 10.7. The van der Waals surface area contributed by atoms with Crippen LogP contribution < -0.4 is 5.73 Å². The predicted octanol–water partition coefficient (Wildman–Crippen LogP) is 4.05. The van der Waals surface area contributed by atoms with Gasteiger partial charge in [0.15, 0.2) is 0 Å². The predicted molar refractivity (Wildman–Crippen MR) is 77.4 cm³/mol. The number of halogens is 1. The monoisotopic (exact) mass is 254 g/mol. The summed E-state index contributed by atoms with van der Waals surface area (Å²) in [4.78, 5) is 0. The smallest absolute Gasteiger partial charge is 0.123 e. The molecule has 3 aromatic rings. The van der Waals surface area contributed by atoms with E-state index < -0.39 is 0 Å². The summed E-state index contributed by atoms with van der Waals surface area (Å²) in [5.74, 6) is -0.220. The molecule has 0 aliphatic rings. The number of nitrogens with zero attached hydrogens (tertiary/aromatic N) is 1. The van der Waals surface area contributed by atoms with Gasteiger partial charge in [-0.25, -0.2) is 4.39 Å². The average Bonchev–Trinajstić information content (AvgIpc) is 2.77. The van der Waals surface area contributed by atoms with E-state index in [4.69, 9.17) is 5.73 Å². The van der Waals surface area contributed by atoms with Gasteiger partial charge in [0.2, 0.25) is 0 Å². The number of aryl methyl sites for hydroxylation is 1. The van der Waals surface area contributed by atoms with Crippen LogP contribution in [0.15, 0.2) is 48.7 Å². The number of rotatable bonds is 2. The van der Waals surface area contributed by atoms with Gasteiger partial charge in [-0.1, -0.05) is 12.1 Å². The lowest BCUT2D eigenvalue weighted by Gasteiger charge is -2.01. The van der Waals surface area contributed by atoms with Crippen LogP contribution >= 0.6 is 0 Å². The van der Waals surface area contributed by atoms with Crippen molar-refractivity contribution >= 4 is 16.6 Å². The molecule has 2 N–H and O–H groups in total. The van der Waals surface area contributed by atoms with Gasteiger partial charge in [0.25, 0.3) is 0 Å². The van der Waals surface area contributed by atoms with Crippen LogP contribution in [0.4, 0.5) is 10.1 Å². The number of fused-ring (bicyclic) bond motifs is 1. The molecule has 3 heteroatoms. The number of nitrogen functional groups attached to an aromatic ring is 1. The zero-order chi connectivity index (χ0) is 13.4. The molecule has 19 heavy (non-hydrogen) atoms. The van der Waals surface area contributed by atoms with E-state index >= 15 is 0 Å². The molecule has 0 amide bonds. The summed E-state index contributed by atoms with van der Waals surface area (Å²) in [7, 11) is 0. The first-order valence-electron chi connectivity index (χ1n) is 6.33. The van der Waals surface area contributed by atoms with Crippen molar-refractivity contribution in [3.05, 3.63) is 54.5 Å². The summed E-state index contributed by atoms with van der Waals surface area (Å²) in [5, 5.41) is 1.11. The molecule has 0 spiro atoms. The second kappa shape index (κ2) is 4.43. The Morgan fingerprint density at radius 1 is 1.11 bits per heavy atom. The highest BCUT2D eigenvalue weighted by atomic mass is 19.1. The van der Waals surface area contributed by atoms with Crippen LogP contribution in [0.25, 0.3) is 22.0 Å². The van der Waals surface area contributed by atoms with Gasteiger partial charge in [-0.15, -0.1) is 0 Å². The fourth-order valence-electron chi connectivity index (χ4n) is 2.44. The van der Waals surface area contributed by atoms with Gasteiger partial charge in [-0.3, -0.25) is 0 Å². The van der Waals surface area contributed by atoms with E-state index in [1.807, 2.05) is 18.2 Å². The first-order chi connectivity index (χ1) is 9.19. The molecule has 0 saturated carbocycles. The summed E-state index contributed by atoms with van der Waals surface area (Å²) in [6, 6.07) is 12.5. The Hall–Kier alpha value is -2.29. The van der Waals surface area contributed by atoms with Gasteiger partial charge in [-0.05, 0) is 42.8 Å². The number of hydrogen-bond acceptors (Lipinski definition) is 1. The van der Waals surface area contributed by atoms with Crippen LogP contribution in [0, 0.1) is 5.82 Å². The van der Waals surface area contributed by atoms with E-state index in [2.05, 4.69) is 17.7 Å². The Morgan fingerprint density at radius 2 is 1.84 bits per heavy atom. The topological polar surface area (TPSA) is 30.9 Å². The lowest BCUT2D eigenvalue weighted by molar-refractivity contribution is 0.628. The molecule has 96 valence electrons. The number of nitrogens with two attached hydrogens (primary N) is 1. The molecule has 0 bridgehead atoms. The molecule has 0 atom stereocenters. The van der Waals surface area contributed by atoms with Crippen LogP contribution in [0.3, 0.4) is 0 Å². The molecule has 0 aliphatic heterocycles. The molecule has 0 radical (unpaired) electrons. The third-order valence-electron chi connectivity index (χ3n) is 3.40. The number of anilines is 1. The summed E-state index contributed by atoms with van der Waals surface area (Å²) in [5.41, 5.74) is 9.86. The lowest BCUT2D eigenvalue weighted by atomic mass is 10.0. The molecule has 1 heterocycles. The molecular weight excluding hydrogens is 239 g/mol. The van der Waals surface area contributed by atoms with Crippen molar-refractivity contribution in [3.63, 3.8) is 0 Å². The van der Waals surface area contributed by atoms with Crippen molar-refractivity contribution in [1.82, 2.24) is 4.57 Å². The van der Waals surface area contributed by atoms with Crippen LogP contribution in [-0.4, -0.2) is 4.57 Å². The first kappa shape index (κ1) is 11.8. The highest BCUT2D eigenvalue weighted by Gasteiger charge is 2.09. The van der Waals surface area contributed by atoms with Crippen LogP contribution in [0.1, 0.15) is 6.92 Å². The summed E-state index contributed by atoms with van der Waals surface area (Å²) < 4.78 is 15.2. The maximum atomic E-state index is 13.0. The van der Waals surface area contributed by atoms with Gasteiger partial charge in [0, 0.05) is 34.9 Å². The second-order valence-corrected chi connectivity index (χ2v) is 4.61. The highest BCUT2D eigenvalue weighted by Crippen LogP contribution is 2.32. The van der Waals surface area contributed by atoms with Crippen LogP contribution in [-0.2, 0) is 6.54 Å². The highest BCUT2D eigenvalue weighted by molar-refractivity contribution is 5.97. The van der Waals surface area contributed by atoms with E-state index in [0.29, 0.717) is 0 Å². The van der Waals surface area contributed by atoms with Crippen molar-refractivity contribution in [1.29, 1.82) is 0 Å². The molecule has 0 saturated heterocycles. The number of benzene rings is 2. The van der Waals surface area contributed by atoms with E-state index in [0.717, 1.165) is 34.3 Å². The Labute approximate surface area is 111 Å². The molecular formula is C16H15FN2. The number of aromatic nitrogens is 1. The van der Waals surface area contributed by atoms with Crippen molar-refractivity contribution in [2.45, 2.75) is 13.5 Å². The standard InChI is InChI=1S/C16H15FN2/c1-2-19-10-15(11-3-5-12(17)6-4-11)14-9-13(18)7-8-16(14)19/h3-10H,2,18H2,1H3. The largest absolute Gasteiger partial charge is 0.399 e. The Kier molecular flexibility index (Phi) is 2.75. The van der Waals surface area contributed by atoms with Crippen LogP contribution in [0.5, 0.6) is 0 Å². The second-order valence-electron chi connectivity index (χ2n) is 4.61. The third-order valence-corrected chi connectivity index (χ3v) is 3.40. The zero-order valence-electron chi connectivity index (χ0n) is 10.7. The summed E-state index contributed by atoms with van der Waals surface area (Å²) in [6.07, 6.45) is 2.09. The van der Waals surface area contributed by atoms with Crippen molar-refractivity contribution in [2.75, 3.05) is 5.73 Å². The first-order valence-corrected chi connectivity index (χ1v) is 6.33. The Bertz CT molecular complexity index is 726. The lowest BCUT2D eigenvalue weighted by Crippen LogP contribution is -1.90. The van der Waals surface area contributed by atoms with Gasteiger partial charge in [0.1, 0.15) is 5.82 Å². The maximum Gasteiger partial charge on any atom is 0.123 e.